The molecule has 3 N–H and O–H groups in total. The Morgan fingerprint density at radius 1 is 1.13 bits per heavy atom. The van der Waals surface area contributed by atoms with Gasteiger partial charge in [0.2, 0.25) is 11.2 Å². The summed E-state index contributed by atoms with van der Waals surface area (Å²) >= 11 is 5.83. The van der Waals surface area contributed by atoms with Crippen molar-refractivity contribution in [2.45, 2.75) is 4.90 Å². The number of sulfonamides is 1. The number of nitrogens with one attached hydrogen (secondary N) is 3. The molecular formula is C19H15ClFN5O3S. The van der Waals surface area contributed by atoms with Crippen molar-refractivity contribution < 1.29 is 17.6 Å². The van der Waals surface area contributed by atoms with Gasteiger partial charge < -0.3 is 10.6 Å². The van der Waals surface area contributed by atoms with Gasteiger partial charge in [0.25, 0.3) is 10.0 Å². The third kappa shape index (κ3) is 5.10. The van der Waals surface area contributed by atoms with Gasteiger partial charge >= 0.3 is 0 Å². The maximum Gasteiger partial charge on any atom is 0.262 e. The Kier molecular flexibility index (Phi) is 6.28. The average molecular weight is 448 g/mol. The molecule has 8 nitrogen and oxygen atoms in total. The number of rotatable bonds is 7. The van der Waals surface area contributed by atoms with Crippen LogP contribution in [0.15, 0.2) is 72.3 Å². The highest BCUT2D eigenvalue weighted by Gasteiger charge is 2.18. The van der Waals surface area contributed by atoms with Gasteiger partial charge in [0.1, 0.15) is 11.5 Å². The molecule has 0 atom stereocenters. The molecule has 1 heterocycles. The Morgan fingerprint density at radius 3 is 2.57 bits per heavy atom. The molecule has 2 aromatic carbocycles. The van der Waals surface area contributed by atoms with Crippen LogP contribution in [0, 0.1) is 5.82 Å². The molecule has 0 aliphatic rings. The lowest BCUT2D eigenvalue weighted by Gasteiger charge is -2.14. The number of halogens is 2. The van der Waals surface area contributed by atoms with Crippen LogP contribution < -0.4 is 15.4 Å². The lowest BCUT2D eigenvalue weighted by atomic mass is 10.2. The molecule has 1 amide bonds. The third-order valence-corrected chi connectivity index (χ3v) is 5.29. The van der Waals surface area contributed by atoms with Crippen molar-refractivity contribution in [3.63, 3.8) is 0 Å². The summed E-state index contributed by atoms with van der Waals surface area (Å²) in [5.74, 6) is -1.23. The van der Waals surface area contributed by atoms with Crippen LogP contribution in [0.2, 0.25) is 5.28 Å². The van der Waals surface area contributed by atoms with E-state index in [0.29, 0.717) is 0 Å². The first-order chi connectivity index (χ1) is 14.3. The van der Waals surface area contributed by atoms with E-state index < -0.39 is 21.7 Å². The molecule has 0 unspecified atom stereocenters. The second-order valence-electron chi connectivity index (χ2n) is 5.83. The summed E-state index contributed by atoms with van der Waals surface area (Å²) in [4.78, 5) is 19.2. The predicted octanol–water partition coefficient (Wildman–Crippen LogP) is 3.94. The van der Waals surface area contributed by atoms with E-state index in [1.807, 2.05) is 0 Å². The van der Waals surface area contributed by atoms with Crippen LogP contribution in [-0.2, 0) is 14.8 Å². The largest absolute Gasteiger partial charge is 0.336 e. The van der Waals surface area contributed by atoms with Gasteiger partial charge in [0.05, 0.1) is 16.8 Å². The number of hydrogen-bond acceptors (Lipinski definition) is 6. The summed E-state index contributed by atoms with van der Waals surface area (Å²) in [5.41, 5.74) is 0.158. The summed E-state index contributed by atoms with van der Waals surface area (Å²) in [7, 11) is -3.95. The van der Waals surface area contributed by atoms with Crippen molar-refractivity contribution in [1.29, 1.82) is 0 Å². The fraction of sp³-hybridized carbons (Fsp3) is 0. The molecule has 1 aromatic heterocycles. The number of amides is 1. The topological polar surface area (TPSA) is 113 Å². The van der Waals surface area contributed by atoms with Crippen molar-refractivity contribution in [3.05, 3.63) is 78.5 Å². The van der Waals surface area contributed by atoms with Crippen molar-refractivity contribution in [1.82, 2.24) is 9.97 Å². The molecule has 0 aliphatic heterocycles. The van der Waals surface area contributed by atoms with Crippen LogP contribution in [0.5, 0.6) is 0 Å². The van der Waals surface area contributed by atoms with E-state index in [0.717, 1.165) is 18.3 Å². The molecule has 0 bridgehead atoms. The van der Waals surface area contributed by atoms with Gasteiger partial charge in [-0.3, -0.25) is 9.52 Å². The zero-order valence-corrected chi connectivity index (χ0v) is 16.8. The fourth-order valence-corrected chi connectivity index (χ4v) is 3.56. The SMILES string of the molecule is C=CC(=O)Nc1ccc(F)c(Nc2nc(Cl)ncc2NS(=O)(=O)c2ccccc2)c1. The average Bonchev–Trinajstić information content (AvgIpc) is 2.73. The number of anilines is 4. The lowest BCUT2D eigenvalue weighted by molar-refractivity contribution is -0.111. The molecule has 0 saturated heterocycles. The maximum atomic E-state index is 14.3. The van der Waals surface area contributed by atoms with E-state index in [-0.39, 0.29) is 33.1 Å². The number of nitrogens with zero attached hydrogens (tertiary/aromatic N) is 2. The Morgan fingerprint density at radius 2 is 1.87 bits per heavy atom. The van der Waals surface area contributed by atoms with E-state index in [2.05, 4.69) is 31.9 Å². The summed E-state index contributed by atoms with van der Waals surface area (Å²) in [6.07, 6.45) is 2.22. The number of aromatic nitrogens is 2. The number of carbonyl (C=O) groups excluding carboxylic acids is 1. The van der Waals surface area contributed by atoms with E-state index in [1.54, 1.807) is 18.2 Å². The van der Waals surface area contributed by atoms with Crippen LogP contribution in [0.1, 0.15) is 0 Å². The normalized spacial score (nSPS) is 10.9. The smallest absolute Gasteiger partial charge is 0.262 e. The highest BCUT2D eigenvalue weighted by molar-refractivity contribution is 7.92. The van der Waals surface area contributed by atoms with Crippen LogP contribution >= 0.6 is 11.6 Å². The van der Waals surface area contributed by atoms with Crippen molar-refractivity contribution in [2.24, 2.45) is 0 Å². The zero-order chi connectivity index (χ0) is 21.7. The molecular weight excluding hydrogens is 433 g/mol. The summed E-state index contributed by atoms with van der Waals surface area (Å²) < 4.78 is 41.9. The second-order valence-corrected chi connectivity index (χ2v) is 7.85. The second kappa shape index (κ2) is 8.89. The molecule has 11 heteroatoms. The summed E-state index contributed by atoms with van der Waals surface area (Å²) in [5, 5.41) is 4.99. The van der Waals surface area contributed by atoms with Gasteiger partial charge in [-0.2, -0.15) is 4.98 Å². The van der Waals surface area contributed by atoms with Crippen molar-refractivity contribution in [3.8, 4) is 0 Å². The van der Waals surface area contributed by atoms with Gasteiger partial charge in [-0.05, 0) is 48.0 Å². The Bertz CT molecular complexity index is 1210. The van der Waals surface area contributed by atoms with Crippen molar-refractivity contribution >= 4 is 50.4 Å². The Hall–Kier alpha value is -3.50. The highest BCUT2D eigenvalue weighted by Crippen LogP contribution is 2.29. The first-order valence-electron chi connectivity index (χ1n) is 8.39. The molecule has 0 fully saturated rings. The molecule has 0 aliphatic carbocycles. The third-order valence-electron chi connectivity index (χ3n) is 3.73. The predicted molar refractivity (Wildman–Crippen MR) is 113 cm³/mol. The minimum absolute atomic E-state index is 0.0196. The minimum atomic E-state index is -3.95. The first kappa shape index (κ1) is 21.2. The number of benzene rings is 2. The fourth-order valence-electron chi connectivity index (χ4n) is 2.35. The Labute approximate surface area is 176 Å². The highest BCUT2D eigenvalue weighted by atomic mass is 35.5. The van der Waals surface area contributed by atoms with E-state index in [4.69, 9.17) is 11.6 Å². The van der Waals surface area contributed by atoms with Crippen LogP contribution in [-0.4, -0.2) is 24.3 Å². The molecule has 3 aromatic rings. The molecule has 0 spiro atoms. The van der Waals surface area contributed by atoms with Gasteiger partial charge in [-0.15, -0.1) is 0 Å². The molecule has 30 heavy (non-hydrogen) atoms. The van der Waals surface area contributed by atoms with Gasteiger partial charge in [-0.1, -0.05) is 24.8 Å². The maximum absolute atomic E-state index is 14.3. The zero-order valence-electron chi connectivity index (χ0n) is 15.3. The van der Waals surface area contributed by atoms with E-state index in [1.165, 1.54) is 24.3 Å². The molecule has 3 rings (SSSR count). The van der Waals surface area contributed by atoms with Crippen LogP contribution in [0.25, 0.3) is 0 Å². The van der Waals surface area contributed by atoms with Crippen LogP contribution in [0.3, 0.4) is 0 Å². The number of carbonyl (C=O) groups is 1. The van der Waals surface area contributed by atoms with E-state index in [9.17, 15) is 17.6 Å². The molecule has 0 radical (unpaired) electrons. The van der Waals surface area contributed by atoms with E-state index >= 15 is 0 Å². The lowest BCUT2D eigenvalue weighted by Crippen LogP contribution is -2.15. The van der Waals surface area contributed by atoms with Gasteiger partial charge in [0.15, 0.2) is 5.82 Å². The van der Waals surface area contributed by atoms with Gasteiger partial charge in [0, 0.05) is 5.69 Å². The standard InChI is InChI=1S/C19H15ClFN5O3S/c1-2-17(27)23-12-8-9-14(21)15(10-12)24-18-16(11-22-19(20)25-18)26-30(28,29)13-6-4-3-5-7-13/h2-11,26H,1H2,(H,23,27)(H,22,24,25). The van der Waals surface area contributed by atoms with Crippen LogP contribution in [0.4, 0.5) is 27.3 Å². The Balaban J connectivity index is 1.94. The first-order valence-corrected chi connectivity index (χ1v) is 10.2. The van der Waals surface area contributed by atoms with Gasteiger partial charge in [-0.25, -0.2) is 17.8 Å². The monoisotopic (exact) mass is 447 g/mol. The molecule has 154 valence electrons. The number of hydrogen-bond donors (Lipinski definition) is 3. The summed E-state index contributed by atoms with van der Waals surface area (Å²) in [6, 6.07) is 11.4. The quantitative estimate of drug-likeness (QED) is 0.373. The minimum Gasteiger partial charge on any atom is -0.336 e. The summed E-state index contributed by atoms with van der Waals surface area (Å²) in [6.45, 7) is 3.35. The van der Waals surface area contributed by atoms with Crippen molar-refractivity contribution in [2.75, 3.05) is 15.4 Å². The molecule has 0 saturated carbocycles.